The molecule has 1 aromatic rings. The second-order valence-electron chi connectivity index (χ2n) is 6.75. The smallest absolute Gasteiger partial charge is 0.119 e. The maximum absolute atomic E-state index is 6.24. The Labute approximate surface area is 127 Å². The predicted octanol–water partition coefficient (Wildman–Crippen LogP) is 4.92. The molecule has 2 saturated carbocycles. The summed E-state index contributed by atoms with van der Waals surface area (Å²) in [7, 11) is 1.73. The molecule has 1 aromatic carbocycles. The van der Waals surface area contributed by atoms with Gasteiger partial charge < -0.3 is 4.74 Å². The van der Waals surface area contributed by atoms with E-state index in [2.05, 4.69) is 18.2 Å². The van der Waals surface area contributed by atoms with E-state index in [1.807, 2.05) is 6.07 Å². The fourth-order valence-electron chi connectivity index (χ4n) is 4.43. The maximum atomic E-state index is 6.24. The van der Waals surface area contributed by atoms with Crippen molar-refractivity contribution in [2.45, 2.75) is 38.5 Å². The molecule has 0 N–H and O–H groups in total. The molecule has 0 spiro atoms. The van der Waals surface area contributed by atoms with E-state index in [1.54, 1.807) is 7.11 Å². The largest absolute Gasteiger partial charge is 0.497 e. The molecule has 2 bridgehead atoms. The molecule has 1 nitrogen and oxygen atoms in total. The first-order valence-electron chi connectivity index (χ1n) is 7.97. The Morgan fingerprint density at radius 2 is 2.20 bits per heavy atom. The van der Waals surface area contributed by atoms with E-state index in [0.29, 0.717) is 5.92 Å². The van der Waals surface area contributed by atoms with Gasteiger partial charge in [-0.3, -0.25) is 0 Å². The molecule has 0 heterocycles. The van der Waals surface area contributed by atoms with Gasteiger partial charge >= 0.3 is 0 Å². The summed E-state index contributed by atoms with van der Waals surface area (Å²) in [5.74, 6) is 5.35. The zero-order chi connectivity index (χ0) is 13.9. The van der Waals surface area contributed by atoms with Crippen molar-refractivity contribution in [3.8, 4) is 5.75 Å². The molecule has 3 rings (SSSR count). The van der Waals surface area contributed by atoms with Crippen LogP contribution in [0.4, 0.5) is 0 Å². The first-order chi connectivity index (χ1) is 9.78. The Balaban J connectivity index is 1.59. The van der Waals surface area contributed by atoms with Crippen LogP contribution in [0.1, 0.15) is 37.7 Å². The van der Waals surface area contributed by atoms with Crippen molar-refractivity contribution >= 4 is 11.6 Å². The number of benzene rings is 1. The number of rotatable bonds is 6. The van der Waals surface area contributed by atoms with Gasteiger partial charge in [-0.2, -0.15) is 0 Å². The van der Waals surface area contributed by atoms with Crippen LogP contribution >= 0.6 is 11.6 Å². The number of ether oxygens (including phenoxy) is 1. The van der Waals surface area contributed by atoms with E-state index in [4.69, 9.17) is 16.3 Å². The van der Waals surface area contributed by atoms with Gasteiger partial charge in [-0.25, -0.2) is 0 Å². The molecule has 2 heteroatoms. The Morgan fingerprint density at radius 3 is 2.85 bits per heavy atom. The van der Waals surface area contributed by atoms with Gasteiger partial charge in [0.05, 0.1) is 7.11 Å². The number of halogens is 1. The summed E-state index contributed by atoms with van der Waals surface area (Å²) in [6, 6.07) is 8.44. The Hall–Kier alpha value is -0.690. The van der Waals surface area contributed by atoms with Gasteiger partial charge in [0, 0.05) is 5.88 Å². The highest BCUT2D eigenvalue weighted by atomic mass is 35.5. The van der Waals surface area contributed by atoms with Gasteiger partial charge in [-0.1, -0.05) is 18.6 Å². The highest BCUT2D eigenvalue weighted by Gasteiger charge is 2.39. The SMILES string of the molecule is COc1cccc(CC(CCl)CC2CC3CCC2C3)c1. The van der Waals surface area contributed by atoms with Crippen LogP contribution in [0, 0.1) is 23.7 Å². The van der Waals surface area contributed by atoms with Crippen LogP contribution in [-0.4, -0.2) is 13.0 Å². The zero-order valence-electron chi connectivity index (χ0n) is 12.4. The second-order valence-corrected chi connectivity index (χ2v) is 7.06. The summed E-state index contributed by atoms with van der Waals surface area (Å²) in [6.07, 6.45) is 8.34. The highest BCUT2D eigenvalue weighted by Crippen LogP contribution is 2.50. The summed E-state index contributed by atoms with van der Waals surface area (Å²) in [6.45, 7) is 0. The van der Waals surface area contributed by atoms with Crippen molar-refractivity contribution < 1.29 is 4.74 Å². The number of fused-ring (bicyclic) bond motifs is 2. The first kappa shape index (κ1) is 14.3. The molecule has 110 valence electrons. The van der Waals surface area contributed by atoms with Crippen LogP contribution in [0.5, 0.6) is 5.75 Å². The minimum atomic E-state index is 0.619. The molecule has 0 amide bonds. The minimum Gasteiger partial charge on any atom is -0.497 e. The van der Waals surface area contributed by atoms with Crippen LogP contribution in [0.25, 0.3) is 0 Å². The molecule has 0 saturated heterocycles. The van der Waals surface area contributed by atoms with Gasteiger partial charge in [-0.15, -0.1) is 11.6 Å². The van der Waals surface area contributed by atoms with E-state index in [0.717, 1.165) is 35.8 Å². The minimum absolute atomic E-state index is 0.619. The lowest BCUT2D eigenvalue weighted by atomic mass is 9.81. The molecule has 0 aromatic heterocycles. The molecule has 4 atom stereocenters. The number of methoxy groups -OCH3 is 1. The summed E-state index contributed by atoms with van der Waals surface area (Å²) < 4.78 is 5.31. The number of hydrogen-bond acceptors (Lipinski definition) is 1. The first-order valence-corrected chi connectivity index (χ1v) is 8.50. The second kappa shape index (κ2) is 6.39. The number of alkyl halides is 1. The van der Waals surface area contributed by atoms with Crippen molar-refractivity contribution in [3.63, 3.8) is 0 Å². The van der Waals surface area contributed by atoms with Gasteiger partial charge in [0.1, 0.15) is 5.75 Å². The van der Waals surface area contributed by atoms with E-state index in [-0.39, 0.29) is 0 Å². The van der Waals surface area contributed by atoms with Gasteiger partial charge in [0.2, 0.25) is 0 Å². The quantitative estimate of drug-likeness (QED) is 0.676. The third-order valence-corrected chi connectivity index (χ3v) is 5.83. The van der Waals surface area contributed by atoms with Crippen molar-refractivity contribution in [1.82, 2.24) is 0 Å². The third kappa shape index (κ3) is 3.14. The van der Waals surface area contributed by atoms with Crippen molar-refractivity contribution in [2.24, 2.45) is 23.7 Å². The summed E-state index contributed by atoms with van der Waals surface area (Å²) in [5.41, 5.74) is 1.36. The third-order valence-electron chi connectivity index (χ3n) is 5.40. The molecule has 2 aliphatic carbocycles. The molecule has 4 unspecified atom stereocenters. The molecule has 2 fully saturated rings. The monoisotopic (exact) mass is 292 g/mol. The van der Waals surface area contributed by atoms with Crippen molar-refractivity contribution in [3.05, 3.63) is 29.8 Å². The maximum Gasteiger partial charge on any atom is 0.119 e. The van der Waals surface area contributed by atoms with Crippen LogP contribution in [0.3, 0.4) is 0 Å². The van der Waals surface area contributed by atoms with Gasteiger partial charge in [0.15, 0.2) is 0 Å². The Kier molecular flexibility index (Phi) is 4.55. The van der Waals surface area contributed by atoms with Crippen LogP contribution in [0.15, 0.2) is 24.3 Å². The average molecular weight is 293 g/mol. The van der Waals surface area contributed by atoms with E-state index >= 15 is 0 Å². The van der Waals surface area contributed by atoms with E-state index in [1.165, 1.54) is 37.7 Å². The van der Waals surface area contributed by atoms with Crippen LogP contribution < -0.4 is 4.74 Å². The number of hydrogen-bond donors (Lipinski definition) is 0. The van der Waals surface area contributed by atoms with Gasteiger partial charge in [0.25, 0.3) is 0 Å². The average Bonchev–Trinajstić information content (AvgIpc) is 3.09. The topological polar surface area (TPSA) is 9.23 Å². The van der Waals surface area contributed by atoms with E-state index in [9.17, 15) is 0 Å². The fraction of sp³-hybridized carbons (Fsp3) is 0.667. The molecule has 20 heavy (non-hydrogen) atoms. The van der Waals surface area contributed by atoms with Crippen molar-refractivity contribution in [2.75, 3.05) is 13.0 Å². The summed E-state index contributed by atoms with van der Waals surface area (Å²) >= 11 is 6.24. The molecule has 0 aliphatic heterocycles. The standard InChI is InChI=1S/C18H25ClO/c1-20-18-4-2-3-13(11-18)7-15(12-19)10-17-9-14-5-6-16(17)8-14/h2-4,11,14-17H,5-10,12H2,1H3. The Morgan fingerprint density at radius 1 is 1.30 bits per heavy atom. The lowest BCUT2D eigenvalue weighted by Gasteiger charge is -2.25. The molecular formula is C18H25ClO. The normalized spacial score (nSPS) is 29.6. The summed E-state index contributed by atoms with van der Waals surface area (Å²) in [4.78, 5) is 0. The Bertz CT molecular complexity index is 445. The zero-order valence-corrected chi connectivity index (χ0v) is 13.1. The van der Waals surface area contributed by atoms with Crippen LogP contribution in [0.2, 0.25) is 0 Å². The lowest BCUT2D eigenvalue weighted by Crippen LogP contribution is -2.18. The van der Waals surface area contributed by atoms with Gasteiger partial charge in [-0.05, 0) is 73.5 Å². The molecular weight excluding hydrogens is 268 g/mol. The van der Waals surface area contributed by atoms with Crippen molar-refractivity contribution in [1.29, 1.82) is 0 Å². The molecule has 2 aliphatic rings. The lowest BCUT2D eigenvalue weighted by molar-refractivity contribution is 0.276. The van der Waals surface area contributed by atoms with E-state index < -0.39 is 0 Å². The van der Waals surface area contributed by atoms with Crippen LogP contribution in [-0.2, 0) is 6.42 Å². The highest BCUT2D eigenvalue weighted by molar-refractivity contribution is 6.18. The molecule has 0 radical (unpaired) electrons. The summed E-state index contributed by atoms with van der Waals surface area (Å²) in [5, 5.41) is 0. The predicted molar refractivity (Wildman–Crippen MR) is 84.5 cm³/mol. The fourth-order valence-corrected chi connectivity index (χ4v) is 4.66.